The molecular formula is C20H22NO4. The maximum atomic E-state index is 12.4. The summed E-state index contributed by atoms with van der Waals surface area (Å²) in [4.78, 5) is 24.4. The Morgan fingerprint density at radius 1 is 1.08 bits per heavy atom. The van der Waals surface area contributed by atoms with Crippen LogP contribution in [0.4, 0.5) is 4.79 Å². The van der Waals surface area contributed by atoms with Gasteiger partial charge in [0.05, 0.1) is 0 Å². The van der Waals surface area contributed by atoms with Gasteiger partial charge in [-0.15, -0.1) is 0 Å². The van der Waals surface area contributed by atoms with E-state index in [4.69, 9.17) is 9.47 Å². The minimum Gasteiger partial charge on any atom is -0.456 e. The van der Waals surface area contributed by atoms with Crippen molar-refractivity contribution in [3.8, 4) is 0 Å². The van der Waals surface area contributed by atoms with Crippen LogP contribution in [0.3, 0.4) is 0 Å². The summed E-state index contributed by atoms with van der Waals surface area (Å²) >= 11 is 0. The monoisotopic (exact) mass is 340 g/mol. The SMILES string of the molecule is CC(C)(C)OC(=O)N/C(=C\[C]1[CH][CH][CH][CH]1)C(=O)OCc1ccccc1. The number of alkyl carbamates (subject to hydrolysis) is 1. The molecule has 1 aliphatic rings. The molecule has 0 heterocycles. The average molecular weight is 340 g/mol. The van der Waals surface area contributed by atoms with Crippen molar-refractivity contribution in [3.05, 3.63) is 79.3 Å². The first-order chi connectivity index (χ1) is 11.8. The molecule has 5 radical (unpaired) electrons. The molecule has 5 nitrogen and oxygen atoms in total. The summed E-state index contributed by atoms with van der Waals surface area (Å²) in [5, 5.41) is 2.47. The van der Waals surface area contributed by atoms with Crippen LogP contribution in [-0.2, 0) is 20.9 Å². The van der Waals surface area contributed by atoms with Crippen molar-refractivity contribution in [2.75, 3.05) is 0 Å². The average Bonchev–Trinajstić information content (AvgIpc) is 3.04. The molecule has 0 unspecified atom stereocenters. The summed E-state index contributed by atoms with van der Waals surface area (Å²) in [5.74, 6) is 0.152. The summed E-state index contributed by atoms with van der Waals surface area (Å²) in [6, 6.07) is 9.33. The van der Waals surface area contributed by atoms with Gasteiger partial charge in [-0.25, -0.2) is 9.59 Å². The van der Waals surface area contributed by atoms with Gasteiger partial charge in [0.25, 0.3) is 0 Å². The Bertz CT molecular complexity index is 610. The lowest BCUT2D eigenvalue weighted by Crippen LogP contribution is -2.35. The van der Waals surface area contributed by atoms with Crippen LogP contribution >= 0.6 is 0 Å². The molecular weight excluding hydrogens is 318 g/mol. The fourth-order valence-corrected chi connectivity index (χ4v) is 2.01. The molecule has 1 aromatic carbocycles. The molecule has 0 spiro atoms. The van der Waals surface area contributed by atoms with Crippen LogP contribution in [0.5, 0.6) is 0 Å². The number of nitrogens with one attached hydrogen (secondary N) is 1. The molecule has 1 N–H and O–H groups in total. The lowest BCUT2D eigenvalue weighted by molar-refractivity contribution is -0.140. The molecule has 0 bridgehead atoms. The van der Waals surface area contributed by atoms with Crippen LogP contribution in [0, 0.1) is 31.6 Å². The molecule has 1 aromatic rings. The van der Waals surface area contributed by atoms with Gasteiger partial charge in [-0.1, -0.05) is 30.3 Å². The van der Waals surface area contributed by atoms with E-state index in [1.807, 2.05) is 56.0 Å². The first-order valence-corrected chi connectivity index (χ1v) is 7.98. The summed E-state index contributed by atoms with van der Waals surface area (Å²) in [6.07, 6.45) is 8.17. The maximum Gasteiger partial charge on any atom is 0.412 e. The van der Waals surface area contributed by atoms with Crippen molar-refractivity contribution in [2.24, 2.45) is 0 Å². The first-order valence-electron chi connectivity index (χ1n) is 7.98. The zero-order chi connectivity index (χ0) is 18.3. The van der Waals surface area contributed by atoms with Crippen LogP contribution in [0.1, 0.15) is 26.3 Å². The smallest absolute Gasteiger partial charge is 0.412 e. The summed E-state index contributed by atoms with van der Waals surface area (Å²) in [5.41, 5.74) is 0.223. The van der Waals surface area contributed by atoms with Gasteiger partial charge in [0.1, 0.15) is 17.9 Å². The van der Waals surface area contributed by atoms with Crippen LogP contribution in [-0.4, -0.2) is 17.7 Å². The lowest BCUT2D eigenvalue weighted by Gasteiger charge is -2.20. The lowest BCUT2D eigenvalue weighted by atomic mass is 10.1. The van der Waals surface area contributed by atoms with Crippen LogP contribution in [0.15, 0.2) is 42.1 Å². The first kappa shape index (κ1) is 19.0. The molecule has 131 valence electrons. The number of carbonyl (C=O) groups is 2. The number of esters is 1. The summed E-state index contributed by atoms with van der Waals surface area (Å²) in [6.45, 7) is 5.37. The second-order valence-electron chi connectivity index (χ2n) is 6.46. The van der Waals surface area contributed by atoms with Gasteiger partial charge in [-0.3, -0.25) is 5.32 Å². The summed E-state index contributed by atoms with van der Waals surface area (Å²) < 4.78 is 10.5. The van der Waals surface area contributed by atoms with Crippen LogP contribution in [0.25, 0.3) is 0 Å². The van der Waals surface area contributed by atoms with E-state index in [1.165, 1.54) is 0 Å². The highest BCUT2D eigenvalue weighted by atomic mass is 16.6. The third-order valence-electron chi connectivity index (χ3n) is 3.07. The Hall–Kier alpha value is -2.30. The van der Waals surface area contributed by atoms with E-state index in [2.05, 4.69) is 5.32 Å². The molecule has 5 heteroatoms. The van der Waals surface area contributed by atoms with Crippen LogP contribution in [0.2, 0.25) is 0 Å². The minimum atomic E-state index is -0.707. The molecule has 0 aromatic heterocycles. The van der Waals surface area contributed by atoms with Gasteiger partial charge in [0.2, 0.25) is 0 Å². The van der Waals surface area contributed by atoms with Gasteiger partial charge in [0.15, 0.2) is 0 Å². The van der Waals surface area contributed by atoms with Gasteiger partial charge >= 0.3 is 12.1 Å². The topological polar surface area (TPSA) is 64.6 Å². The van der Waals surface area contributed by atoms with Gasteiger partial charge in [0, 0.05) is 5.92 Å². The Labute approximate surface area is 149 Å². The molecule has 1 amide bonds. The van der Waals surface area contributed by atoms with Crippen molar-refractivity contribution in [1.82, 2.24) is 5.32 Å². The molecule has 2 rings (SSSR count). The van der Waals surface area contributed by atoms with Crippen LogP contribution < -0.4 is 5.32 Å². The van der Waals surface area contributed by atoms with Gasteiger partial charge in [-0.2, -0.15) is 0 Å². The van der Waals surface area contributed by atoms with E-state index >= 15 is 0 Å². The zero-order valence-corrected chi connectivity index (χ0v) is 14.6. The minimum absolute atomic E-state index is 0.0244. The standard InChI is InChI=1S/C20H22NO4/c1-20(2,3)25-19(23)21-17(13-15-9-7-8-10-15)18(22)24-14-16-11-5-4-6-12-16/h4-13H,14H2,1-3H3,(H,21,23)/b17-13-. The largest absolute Gasteiger partial charge is 0.456 e. The molecule has 1 saturated carbocycles. The number of hydrogen-bond donors (Lipinski definition) is 1. The van der Waals surface area contributed by atoms with E-state index in [0.717, 1.165) is 11.5 Å². The van der Waals surface area contributed by atoms with Crippen molar-refractivity contribution < 1.29 is 19.1 Å². The number of rotatable bonds is 5. The Morgan fingerprint density at radius 3 is 2.32 bits per heavy atom. The number of carbonyl (C=O) groups excluding carboxylic acids is 2. The number of amides is 1. The fourth-order valence-electron chi connectivity index (χ4n) is 2.01. The fraction of sp³-hybridized carbons (Fsp3) is 0.250. The maximum absolute atomic E-state index is 12.4. The second-order valence-corrected chi connectivity index (χ2v) is 6.46. The Morgan fingerprint density at radius 2 is 1.72 bits per heavy atom. The van der Waals surface area contributed by atoms with Crippen molar-refractivity contribution in [1.29, 1.82) is 0 Å². The van der Waals surface area contributed by atoms with E-state index in [0.29, 0.717) is 0 Å². The Balaban J connectivity index is 2.02. The van der Waals surface area contributed by atoms with Gasteiger partial charge in [-0.05, 0) is 58.1 Å². The quantitative estimate of drug-likeness (QED) is 0.658. The number of allylic oxidation sites excluding steroid dienone is 1. The van der Waals surface area contributed by atoms with Gasteiger partial charge < -0.3 is 9.47 Å². The molecule has 0 aliphatic heterocycles. The van der Waals surface area contributed by atoms with E-state index < -0.39 is 17.7 Å². The molecule has 1 aliphatic carbocycles. The number of benzene rings is 1. The molecule has 1 fully saturated rings. The molecule has 25 heavy (non-hydrogen) atoms. The van der Waals surface area contributed by atoms with E-state index in [9.17, 15) is 9.59 Å². The third-order valence-corrected chi connectivity index (χ3v) is 3.07. The predicted octanol–water partition coefficient (Wildman–Crippen LogP) is 3.54. The molecule has 0 atom stereocenters. The zero-order valence-electron chi connectivity index (χ0n) is 14.6. The second kappa shape index (κ2) is 8.70. The predicted molar refractivity (Wildman–Crippen MR) is 94.1 cm³/mol. The highest BCUT2D eigenvalue weighted by Crippen LogP contribution is 2.25. The normalized spacial score (nSPS) is 15.7. The highest BCUT2D eigenvalue weighted by molar-refractivity contribution is 5.93. The number of hydrogen-bond acceptors (Lipinski definition) is 4. The third kappa shape index (κ3) is 6.99. The van der Waals surface area contributed by atoms with E-state index in [1.54, 1.807) is 26.8 Å². The summed E-state index contributed by atoms with van der Waals surface area (Å²) in [7, 11) is 0. The molecule has 0 saturated heterocycles. The van der Waals surface area contributed by atoms with Crippen molar-refractivity contribution in [2.45, 2.75) is 33.0 Å². The Kier molecular flexibility index (Phi) is 6.62. The van der Waals surface area contributed by atoms with E-state index in [-0.39, 0.29) is 12.3 Å². The van der Waals surface area contributed by atoms with Crippen molar-refractivity contribution in [3.63, 3.8) is 0 Å². The highest BCUT2D eigenvalue weighted by Gasteiger charge is 2.23. The van der Waals surface area contributed by atoms with Crippen molar-refractivity contribution >= 4 is 12.1 Å². The number of ether oxygens (including phenoxy) is 2.